The van der Waals surface area contributed by atoms with E-state index in [9.17, 15) is 14.9 Å². The summed E-state index contributed by atoms with van der Waals surface area (Å²) in [5, 5.41) is 25.9. The number of carbonyl (C=O) groups excluding carboxylic acids is 2. The summed E-state index contributed by atoms with van der Waals surface area (Å²) in [6, 6.07) is 19.8. The smallest absolute Gasteiger partial charge is 0.254 e. The van der Waals surface area contributed by atoms with E-state index < -0.39 is 5.41 Å². The van der Waals surface area contributed by atoms with Crippen molar-refractivity contribution in [3.63, 3.8) is 0 Å². The third kappa shape index (κ3) is 9.02. The second kappa shape index (κ2) is 17.7. The van der Waals surface area contributed by atoms with Crippen LogP contribution in [0.3, 0.4) is 0 Å². The van der Waals surface area contributed by atoms with Crippen molar-refractivity contribution in [1.82, 2.24) is 30.0 Å². The molecule has 2 amide bonds. The molecule has 2 aromatic heterocycles. The van der Waals surface area contributed by atoms with Crippen LogP contribution in [0.4, 0.5) is 17.3 Å². The first kappa shape index (κ1) is 42.0. The van der Waals surface area contributed by atoms with E-state index in [1.54, 1.807) is 30.6 Å². The number of halogens is 1. The van der Waals surface area contributed by atoms with Crippen molar-refractivity contribution in [2.24, 2.45) is 5.41 Å². The largest absolute Gasteiger partial charge is 0.490 e. The minimum Gasteiger partial charge on any atom is -0.490 e. The lowest BCUT2D eigenvalue weighted by molar-refractivity contribution is -0.116. The van der Waals surface area contributed by atoms with Gasteiger partial charge < -0.3 is 25.6 Å². The molecule has 3 atom stereocenters. The maximum Gasteiger partial charge on any atom is 0.254 e. The highest BCUT2D eigenvalue weighted by Gasteiger charge is 2.38. The van der Waals surface area contributed by atoms with Gasteiger partial charge in [0.15, 0.2) is 0 Å². The summed E-state index contributed by atoms with van der Waals surface area (Å²) in [4.78, 5) is 39.9. The van der Waals surface area contributed by atoms with Crippen LogP contribution in [0.1, 0.15) is 94.3 Å². The van der Waals surface area contributed by atoms with Gasteiger partial charge >= 0.3 is 0 Å². The Bertz CT molecular complexity index is 2450. The first-order valence-electron chi connectivity index (χ1n) is 21.6. The summed E-state index contributed by atoms with van der Waals surface area (Å²) in [5.41, 5.74) is 6.68. The fourth-order valence-electron chi connectivity index (χ4n) is 8.90. The summed E-state index contributed by atoms with van der Waals surface area (Å²) in [5.74, 6) is 1.51. The second-order valence-corrected chi connectivity index (χ2v) is 17.7. The lowest BCUT2D eigenvalue weighted by Gasteiger charge is -2.40. The van der Waals surface area contributed by atoms with Gasteiger partial charge in [-0.15, -0.1) is 0 Å². The van der Waals surface area contributed by atoms with Crippen LogP contribution in [0.5, 0.6) is 5.75 Å². The second-order valence-electron chi connectivity index (χ2n) is 17.3. The van der Waals surface area contributed by atoms with Gasteiger partial charge in [0.05, 0.1) is 45.3 Å². The predicted molar refractivity (Wildman–Crippen MR) is 240 cm³/mol. The molecule has 0 bridgehead atoms. The predicted octanol–water partition coefficient (Wildman–Crippen LogP) is 8.25. The van der Waals surface area contributed by atoms with Gasteiger partial charge in [-0.25, -0.2) is 9.97 Å². The molecule has 1 aliphatic carbocycles. The van der Waals surface area contributed by atoms with Gasteiger partial charge in [0.1, 0.15) is 17.9 Å². The third-order valence-corrected chi connectivity index (χ3v) is 12.9. The number of fused-ring (bicyclic) bond motifs is 2. The van der Waals surface area contributed by atoms with E-state index in [4.69, 9.17) is 21.4 Å². The lowest BCUT2D eigenvalue weighted by Crippen LogP contribution is -2.52. The summed E-state index contributed by atoms with van der Waals surface area (Å²) in [7, 11) is 0. The molecule has 0 spiro atoms. The van der Waals surface area contributed by atoms with Crippen LogP contribution in [-0.2, 0) is 11.3 Å². The average molecular weight is 843 g/mol. The van der Waals surface area contributed by atoms with Crippen LogP contribution >= 0.6 is 11.6 Å². The molecule has 8 rings (SSSR count). The molecule has 0 unspecified atom stereocenters. The molecule has 0 radical (unpaired) electrons. The van der Waals surface area contributed by atoms with Gasteiger partial charge in [-0.05, 0) is 68.5 Å². The highest BCUT2D eigenvalue weighted by molar-refractivity contribution is 6.31. The van der Waals surface area contributed by atoms with Crippen molar-refractivity contribution in [2.45, 2.75) is 97.4 Å². The number of nitrogens with zero attached hydrogens (tertiary/aromatic N) is 7. The van der Waals surface area contributed by atoms with E-state index >= 15 is 0 Å². The van der Waals surface area contributed by atoms with E-state index in [1.165, 1.54) is 23.9 Å². The highest BCUT2D eigenvalue weighted by atomic mass is 35.5. The molecule has 1 saturated heterocycles. The zero-order valence-corrected chi connectivity index (χ0v) is 36.4. The van der Waals surface area contributed by atoms with E-state index in [-0.39, 0.29) is 30.0 Å². The summed E-state index contributed by atoms with van der Waals surface area (Å²) < 4.78 is 8.57. The molecule has 13 nitrogen and oxygen atoms in total. The van der Waals surface area contributed by atoms with E-state index in [0.29, 0.717) is 53.0 Å². The van der Waals surface area contributed by atoms with Gasteiger partial charge in [-0.1, -0.05) is 57.5 Å². The zero-order chi connectivity index (χ0) is 42.8. The van der Waals surface area contributed by atoms with Gasteiger partial charge in [-0.2, -0.15) is 10.4 Å². The number of amides is 2. The Hall–Kier alpha value is -5.71. The Labute approximate surface area is 362 Å². The highest BCUT2D eigenvalue weighted by Crippen LogP contribution is 2.44. The Morgan fingerprint density at radius 1 is 1.03 bits per heavy atom. The van der Waals surface area contributed by atoms with Crippen LogP contribution in [0, 0.1) is 16.7 Å². The maximum absolute atomic E-state index is 13.5. The number of hydrogen-bond donors (Lipinski definition) is 3. The van der Waals surface area contributed by atoms with Crippen LogP contribution < -0.4 is 25.6 Å². The minimum atomic E-state index is -0.436. The quantitative estimate of drug-likeness (QED) is 0.0997. The molecule has 4 heterocycles. The number of rotatable bonds is 14. The molecule has 14 heteroatoms. The normalized spacial score (nSPS) is 18.0. The Kier molecular flexibility index (Phi) is 12.2. The molecular formula is C47H55ClN10O3. The molecule has 2 fully saturated rings. The number of para-hydroxylation sites is 1. The molecular weight excluding hydrogens is 788 g/mol. The topological polar surface area (TPSA) is 153 Å². The fraction of sp³-hybridized carbons (Fsp3) is 0.447. The third-order valence-electron chi connectivity index (χ3n) is 12.6. The molecule has 3 aliphatic rings. The van der Waals surface area contributed by atoms with Gasteiger partial charge in [-0.3, -0.25) is 19.2 Å². The van der Waals surface area contributed by atoms with E-state index in [0.717, 1.165) is 67.3 Å². The van der Waals surface area contributed by atoms with Crippen molar-refractivity contribution in [3.8, 4) is 22.9 Å². The fourth-order valence-corrected chi connectivity index (χ4v) is 9.12. The molecule has 2 aliphatic heterocycles. The van der Waals surface area contributed by atoms with Gasteiger partial charge in [0.2, 0.25) is 11.9 Å². The number of piperazine rings is 1. The molecule has 1 saturated carbocycles. The monoisotopic (exact) mass is 842 g/mol. The average Bonchev–Trinajstić information content (AvgIpc) is 4.06. The number of nitriles is 1. The van der Waals surface area contributed by atoms with Crippen LogP contribution in [0.25, 0.3) is 22.0 Å². The molecule has 61 heavy (non-hydrogen) atoms. The summed E-state index contributed by atoms with van der Waals surface area (Å²) in [6.45, 7) is 15.3. The lowest BCUT2D eigenvalue weighted by atomic mass is 9.76. The first-order valence-corrected chi connectivity index (χ1v) is 22.0. The molecule has 3 N–H and O–H groups in total. The summed E-state index contributed by atoms with van der Waals surface area (Å²) >= 11 is 6.28. The number of hydrogen-bond acceptors (Lipinski definition) is 10. The Morgan fingerprint density at radius 2 is 1.80 bits per heavy atom. The summed E-state index contributed by atoms with van der Waals surface area (Å²) in [6.07, 6.45) is 7.19. The molecule has 318 valence electrons. The maximum atomic E-state index is 13.5. The van der Waals surface area contributed by atoms with Crippen molar-refractivity contribution in [2.75, 3.05) is 48.3 Å². The number of aromatic nitrogens is 4. The Balaban J connectivity index is 0.869. The number of benzene rings is 3. The van der Waals surface area contributed by atoms with Gasteiger partial charge in [0, 0.05) is 92.0 Å². The minimum absolute atomic E-state index is 0.0262. The zero-order valence-electron chi connectivity index (χ0n) is 35.7. The van der Waals surface area contributed by atoms with Crippen LogP contribution in [0.15, 0.2) is 67.0 Å². The Morgan fingerprint density at radius 3 is 2.49 bits per heavy atom. The van der Waals surface area contributed by atoms with Crippen LogP contribution in [0.2, 0.25) is 5.02 Å². The van der Waals surface area contributed by atoms with E-state index in [2.05, 4.69) is 98.4 Å². The molecule has 5 aromatic rings. The van der Waals surface area contributed by atoms with E-state index in [1.807, 2.05) is 19.1 Å². The molecule has 3 aromatic carbocycles. The number of carbonyl (C=O) groups is 2. The number of anilines is 3. The first-order chi connectivity index (χ1) is 29.4. The standard InChI is InChI=1S/C47H55ClN10O3/c1-6-40(47(4,5)41(7-2)61-34-15-13-32(26-49)37(48)25-34)54-45(60)33-27-50-46(51-28-33)57-20-17-56(18-21-57)19-22-58-39-16-14-31(24-36(39)43(55-58)30-11-12-30)35-9-8-10-38-44(35)52-29(3)23-42(59)53-38/h8-10,13-16,24-25,27-30,40-41,52H,6-7,11-12,17-23H2,1-5H3,(H,53,59)(H,54,60)/t29-,40+,41+/m1/s1. The van der Waals surface area contributed by atoms with Crippen molar-refractivity contribution in [1.29, 1.82) is 5.26 Å². The number of ether oxygens (including phenoxy) is 1. The van der Waals surface area contributed by atoms with Crippen molar-refractivity contribution in [3.05, 3.63) is 88.8 Å². The van der Waals surface area contributed by atoms with Crippen molar-refractivity contribution >= 4 is 51.6 Å². The van der Waals surface area contributed by atoms with Crippen LogP contribution in [-0.4, -0.2) is 87.4 Å². The van der Waals surface area contributed by atoms with Crippen molar-refractivity contribution < 1.29 is 14.3 Å². The number of nitrogens with one attached hydrogen (secondary N) is 3. The van der Waals surface area contributed by atoms with Gasteiger partial charge in [0.25, 0.3) is 5.91 Å². The SMILES string of the molecule is CC[C@H](NC(=O)c1cnc(N2CCN(CCn3nc(C4CC4)c4cc(-c5cccc6c5N[C@H](C)CC(=O)N6)ccc43)CC2)nc1)C(C)(C)[C@H](CC)Oc1ccc(C#N)c(Cl)c1.